The lowest BCUT2D eigenvalue weighted by Crippen LogP contribution is -2.23. The Bertz CT molecular complexity index is 769. The monoisotopic (exact) mass is 383 g/mol. The number of carbonyl (C=O) groups excluding carboxylic acids is 1. The summed E-state index contributed by atoms with van der Waals surface area (Å²) in [7, 11) is 3.19. The van der Waals surface area contributed by atoms with Gasteiger partial charge in [-0.1, -0.05) is 31.7 Å². The highest BCUT2D eigenvalue weighted by Gasteiger charge is 2.13. The second-order valence-corrected chi connectivity index (χ2v) is 7.14. The van der Waals surface area contributed by atoms with Gasteiger partial charge in [-0.2, -0.15) is 0 Å². The molecular weight excluding hydrogens is 354 g/mol. The molecule has 6 heteroatoms. The van der Waals surface area contributed by atoms with Gasteiger partial charge in [-0.15, -0.1) is 0 Å². The maximum absolute atomic E-state index is 12.4. The topological polar surface area (TPSA) is 72.5 Å². The number of carbonyl (C=O) groups is 1. The van der Waals surface area contributed by atoms with E-state index in [-0.39, 0.29) is 5.91 Å². The predicted molar refractivity (Wildman–Crippen MR) is 110 cm³/mol. The number of pyridine rings is 1. The zero-order chi connectivity index (χ0) is 19.8. The van der Waals surface area contributed by atoms with E-state index in [1.165, 1.54) is 38.5 Å². The molecule has 0 atom stereocenters. The number of amides is 1. The Morgan fingerprint density at radius 1 is 1.04 bits per heavy atom. The van der Waals surface area contributed by atoms with Crippen molar-refractivity contribution in [3.05, 3.63) is 47.7 Å². The van der Waals surface area contributed by atoms with E-state index < -0.39 is 0 Å². The summed E-state index contributed by atoms with van der Waals surface area (Å²) in [6.07, 6.45) is 9.20. The first-order valence-electron chi connectivity index (χ1n) is 9.91. The standard InChI is InChI=1S/C22H29N3O3/c1-27-19-11-9-16(13-20(19)28-2)14-24-22(26)17-10-12-21(23-15-17)25-18-7-5-3-4-6-8-18/h9-13,15,18H,3-8,14H2,1-2H3,(H,23,25)(H,24,26). The van der Waals surface area contributed by atoms with Crippen molar-refractivity contribution in [1.29, 1.82) is 0 Å². The minimum atomic E-state index is -0.150. The minimum absolute atomic E-state index is 0.150. The van der Waals surface area contributed by atoms with Crippen LogP contribution in [0.1, 0.15) is 54.4 Å². The summed E-state index contributed by atoms with van der Waals surface area (Å²) in [5, 5.41) is 6.42. The van der Waals surface area contributed by atoms with Gasteiger partial charge in [0.2, 0.25) is 0 Å². The van der Waals surface area contributed by atoms with Gasteiger partial charge >= 0.3 is 0 Å². The van der Waals surface area contributed by atoms with Crippen LogP contribution in [0.2, 0.25) is 0 Å². The molecule has 1 heterocycles. The second kappa shape index (κ2) is 9.97. The Hall–Kier alpha value is -2.76. The molecule has 1 fully saturated rings. The molecule has 0 bridgehead atoms. The molecule has 2 N–H and O–H groups in total. The Balaban J connectivity index is 1.54. The smallest absolute Gasteiger partial charge is 0.253 e. The Morgan fingerprint density at radius 3 is 2.43 bits per heavy atom. The minimum Gasteiger partial charge on any atom is -0.493 e. The summed E-state index contributed by atoms with van der Waals surface area (Å²) in [5.74, 6) is 2.00. The third-order valence-electron chi connectivity index (χ3n) is 5.13. The lowest BCUT2D eigenvalue weighted by atomic mass is 10.1. The van der Waals surface area contributed by atoms with E-state index in [0.717, 1.165) is 11.4 Å². The van der Waals surface area contributed by atoms with Gasteiger partial charge in [0.05, 0.1) is 19.8 Å². The molecule has 0 saturated heterocycles. The van der Waals surface area contributed by atoms with Crippen molar-refractivity contribution in [3.8, 4) is 11.5 Å². The second-order valence-electron chi connectivity index (χ2n) is 7.14. The van der Waals surface area contributed by atoms with Crippen LogP contribution < -0.4 is 20.1 Å². The zero-order valence-electron chi connectivity index (χ0n) is 16.7. The summed E-state index contributed by atoms with van der Waals surface area (Å²) in [6.45, 7) is 0.404. The summed E-state index contributed by atoms with van der Waals surface area (Å²) < 4.78 is 10.5. The van der Waals surface area contributed by atoms with Crippen molar-refractivity contribution >= 4 is 11.7 Å². The highest BCUT2D eigenvalue weighted by molar-refractivity contribution is 5.94. The van der Waals surface area contributed by atoms with Gasteiger partial charge in [-0.25, -0.2) is 4.98 Å². The van der Waals surface area contributed by atoms with Crippen LogP contribution >= 0.6 is 0 Å². The van der Waals surface area contributed by atoms with Crippen LogP contribution in [-0.2, 0) is 6.54 Å². The molecule has 3 rings (SSSR count). The zero-order valence-corrected chi connectivity index (χ0v) is 16.7. The van der Waals surface area contributed by atoms with E-state index >= 15 is 0 Å². The first-order chi connectivity index (χ1) is 13.7. The summed E-state index contributed by atoms with van der Waals surface area (Å²) in [5.41, 5.74) is 1.48. The molecule has 1 aliphatic carbocycles. The fourth-order valence-corrected chi connectivity index (χ4v) is 3.52. The SMILES string of the molecule is COc1ccc(CNC(=O)c2ccc(NC3CCCCCC3)nc2)cc1OC. The number of ether oxygens (including phenoxy) is 2. The largest absolute Gasteiger partial charge is 0.493 e. The summed E-state index contributed by atoms with van der Waals surface area (Å²) in [6, 6.07) is 9.78. The molecule has 1 saturated carbocycles. The van der Waals surface area contributed by atoms with Crippen molar-refractivity contribution in [2.45, 2.75) is 51.1 Å². The number of aromatic nitrogens is 1. The fraction of sp³-hybridized carbons (Fsp3) is 0.455. The Morgan fingerprint density at radius 2 is 1.79 bits per heavy atom. The maximum atomic E-state index is 12.4. The molecule has 0 spiro atoms. The van der Waals surface area contributed by atoms with Crippen LogP contribution in [0.4, 0.5) is 5.82 Å². The van der Waals surface area contributed by atoms with Crippen molar-refractivity contribution in [1.82, 2.24) is 10.3 Å². The Labute approximate surface area is 166 Å². The first kappa shape index (κ1) is 20.0. The van der Waals surface area contributed by atoms with Crippen LogP contribution in [0, 0.1) is 0 Å². The van der Waals surface area contributed by atoms with Gasteiger partial charge in [0.1, 0.15) is 5.82 Å². The lowest BCUT2D eigenvalue weighted by Gasteiger charge is -2.16. The van der Waals surface area contributed by atoms with Gasteiger partial charge < -0.3 is 20.1 Å². The number of hydrogen-bond donors (Lipinski definition) is 2. The normalized spacial score (nSPS) is 14.8. The number of anilines is 1. The van der Waals surface area contributed by atoms with E-state index in [1.54, 1.807) is 20.4 Å². The fourth-order valence-electron chi connectivity index (χ4n) is 3.52. The number of hydrogen-bond acceptors (Lipinski definition) is 5. The van der Waals surface area contributed by atoms with Crippen LogP contribution in [0.5, 0.6) is 11.5 Å². The molecule has 28 heavy (non-hydrogen) atoms. The summed E-state index contributed by atoms with van der Waals surface area (Å²) in [4.78, 5) is 16.8. The van der Waals surface area contributed by atoms with Crippen molar-refractivity contribution < 1.29 is 14.3 Å². The molecule has 150 valence electrons. The van der Waals surface area contributed by atoms with E-state index in [1.807, 2.05) is 30.3 Å². The van der Waals surface area contributed by atoms with Crippen molar-refractivity contribution in [2.75, 3.05) is 19.5 Å². The molecule has 1 aliphatic rings. The number of methoxy groups -OCH3 is 2. The highest BCUT2D eigenvalue weighted by Crippen LogP contribution is 2.27. The molecule has 0 unspecified atom stereocenters. The number of nitrogens with one attached hydrogen (secondary N) is 2. The third-order valence-corrected chi connectivity index (χ3v) is 5.13. The predicted octanol–water partition coefficient (Wildman–Crippen LogP) is 4.16. The number of benzene rings is 1. The van der Waals surface area contributed by atoms with Crippen molar-refractivity contribution in [2.24, 2.45) is 0 Å². The van der Waals surface area contributed by atoms with Gasteiger partial charge in [-0.05, 0) is 42.7 Å². The highest BCUT2D eigenvalue weighted by atomic mass is 16.5. The molecule has 6 nitrogen and oxygen atoms in total. The quantitative estimate of drug-likeness (QED) is 0.702. The average Bonchev–Trinajstić information content (AvgIpc) is 3.01. The number of rotatable bonds is 7. The van der Waals surface area contributed by atoms with Crippen LogP contribution in [0.3, 0.4) is 0 Å². The summed E-state index contributed by atoms with van der Waals surface area (Å²) >= 11 is 0. The van der Waals surface area contributed by atoms with Crippen molar-refractivity contribution in [3.63, 3.8) is 0 Å². The van der Waals surface area contributed by atoms with Gasteiger partial charge in [0.25, 0.3) is 5.91 Å². The van der Waals surface area contributed by atoms with Crippen LogP contribution in [-0.4, -0.2) is 31.2 Å². The van der Waals surface area contributed by atoms with Crippen LogP contribution in [0.25, 0.3) is 0 Å². The van der Waals surface area contributed by atoms with Crippen LogP contribution in [0.15, 0.2) is 36.5 Å². The van der Waals surface area contributed by atoms with Gasteiger partial charge in [0.15, 0.2) is 11.5 Å². The molecule has 1 aromatic carbocycles. The van der Waals surface area contributed by atoms with E-state index in [9.17, 15) is 4.79 Å². The third kappa shape index (κ3) is 5.38. The van der Waals surface area contributed by atoms with Gasteiger partial charge in [-0.3, -0.25) is 4.79 Å². The maximum Gasteiger partial charge on any atom is 0.253 e. The number of nitrogens with zero attached hydrogens (tertiary/aromatic N) is 1. The molecule has 2 aromatic rings. The molecule has 0 radical (unpaired) electrons. The molecule has 1 amide bonds. The average molecular weight is 383 g/mol. The molecule has 1 aromatic heterocycles. The molecule has 0 aliphatic heterocycles. The van der Waals surface area contributed by atoms with E-state index in [0.29, 0.717) is 29.6 Å². The Kier molecular flexibility index (Phi) is 7.12. The van der Waals surface area contributed by atoms with E-state index in [4.69, 9.17) is 9.47 Å². The lowest BCUT2D eigenvalue weighted by molar-refractivity contribution is 0.0950. The van der Waals surface area contributed by atoms with Gasteiger partial charge in [0, 0.05) is 18.8 Å². The first-order valence-corrected chi connectivity index (χ1v) is 9.91. The van der Waals surface area contributed by atoms with E-state index in [2.05, 4.69) is 15.6 Å². The molecular formula is C22H29N3O3.